The van der Waals surface area contributed by atoms with E-state index in [0.29, 0.717) is 0 Å². The molecule has 0 amide bonds. The van der Waals surface area contributed by atoms with Gasteiger partial charge in [0.15, 0.2) is 12.4 Å². The zero-order valence-corrected chi connectivity index (χ0v) is 27.7. The van der Waals surface area contributed by atoms with Crippen LogP contribution in [0.2, 0.25) is 0 Å². The van der Waals surface area contributed by atoms with Crippen LogP contribution < -0.4 is 4.57 Å². The molecule has 0 saturated carbocycles. The number of pyridine rings is 1. The molecule has 0 aliphatic carbocycles. The molecule has 1 nitrogen and oxygen atoms in total. The van der Waals surface area contributed by atoms with Crippen molar-refractivity contribution in [1.29, 1.82) is 0 Å². The molecule has 0 spiro atoms. The summed E-state index contributed by atoms with van der Waals surface area (Å²) in [6.07, 6.45) is 41.1. The molecule has 1 heterocycles. The molecule has 0 unspecified atom stereocenters. The number of aryl methyl sites for hydroxylation is 4. The lowest BCUT2D eigenvalue weighted by Crippen LogP contribution is -2.34. The van der Waals surface area contributed by atoms with E-state index in [1.165, 1.54) is 173 Å². The van der Waals surface area contributed by atoms with E-state index >= 15 is 0 Å². The van der Waals surface area contributed by atoms with Crippen molar-refractivity contribution in [3.63, 3.8) is 0 Å². The summed E-state index contributed by atoms with van der Waals surface area (Å²) in [5.41, 5.74) is 4.73. The molecule has 0 aliphatic heterocycles. The van der Waals surface area contributed by atoms with E-state index in [1.54, 1.807) is 11.1 Å². The molecule has 232 valence electrons. The third-order valence-electron chi connectivity index (χ3n) is 9.03. The van der Waals surface area contributed by atoms with Gasteiger partial charge in [-0.05, 0) is 43.2 Å². The van der Waals surface area contributed by atoms with Gasteiger partial charge in [0.05, 0.1) is 0 Å². The summed E-state index contributed by atoms with van der Waals surface area (Å²) >= 11 is 0. The van der Waals surface area contributed by atoms with Crippen LogP contribution in [0.25, 0.3) is 0 Å². The van der Waals surface area contributed by atoms with Crippen LogP contribution in [0.4, 0.5) is 0 Å². The largest absolute Gasteiger partial charge is 0.205 e. The first-order chi connectivity index (χ1) is 20.3. The number of nitrogens with zero attached hydrogens (tertiary/aromatic N) is 1. The Morgan fingerprint density at radius 2 is 0.854 bits per heavy atom. The Bertz CT molecular complexity index is 826. The topological polar surface area (TPSA) is 3.88 Å². The van der Waals surface area contributed by atoms with Crippen molar-refractivity contribution in [2.45, 2.75) is 187 Å². The monoisotopic (exact) mass is 563 g/mol. The van der Waals surface area contributed by atoms with Gasteiger partial charge < -0.3 is 0 Å². The highest BCUT2D eigenvalue weighted by Crippen LogP contribution is 2.18. The van der Waals surface area contributed by atoms with Crippen molar-refractivity contribution in [3.05, 3.63) is 65.5 Å². The van der Waals surface area contributed by atoms with E-state index in [0.717, 1.165) is 6.54 Å². The van der Waals surface area contributed by atoms with Gasteiger partial charge in [-0.3, -0.25) is 0 Å². The normalized spacial score (nSPS) is 11.4. The second kappa shape index (κ2) is 26.0. The molecule has 41 heavy (non-hydrogen) atoms. The molecule has 0 atom stereocenters. The number of aromatic nitrogens is 1. The van der Waals surface area contributed by atoms with E-state index in [1.807, 2.05) is 0 Å². The van der Waals surface area contributed by atoms with Gasteiger partial charge in [0.2, 0.25) is 0 Å². The van der Waals surface area contributed by atoms with Gasteiger partial charge in [-0.1, -0.05) is 173 Å². The Morgan fingerprint density at radius 1 is 0.415 bits per heavy atom. The first-order valence-electron chi connectivity index (χ1n) is 18.4. The van der Waals surface area contributed by atoms with Crippen molar-refractivity contribution in [2.75, 3.05) is 0 Å². The van der Waals surface area contributed by atoms with Crippen molar-refractivity contribution in [2.24, 2.45) is 0 Å². The highest BCUT2D eigenvalue weighted by Gasteiger charge is 2.10. The van der Waals surface area contributed by atoms with Gasteiger partial charge in [-0.25, -0.2) is 4.57 Å². The quantitative estimate of drug-likeness (QED) is 0.0717. The van der Waals surface area contributed by atoms with Crippen LogP contribution in [0.1, 0.15) is 178 Å². The molecule has 2 aromatic rings. The minimum absolute atomic E-state index is 1.12. The van der Waals surface area contributed by atoms with Crippen molar-refractivity contribution in [1.82, 2.24) is 0 Å². The summed E-state index contributed by atoms with van der Waals surface area (Å²) in [5, 5.41) is 0. The fraction of sp³-hybridized carbons (Fsp3) is 0.725. The SMILES string of the molecule is CCCCCCCCCCCCCc1cc[n+](CCCc2ccccc2)cc1CCCCCCCCCCCCC. The number of unbranched alkanes of at least 4 members (excludes halogenated alkanes) is 20. The lowest BCUT2D eigenvalue weighted by atomic mass is 9.97. The van der Waals surface area contributed by atoms with E-state index in [9.17, 15) is 0 Å². The van der Waals surface area contributed by atoms with Crippen LogP contribution in [0, 0.1) is 0 Å². The summed E-state index contributed by atoms with van der Waals surface area (Å²) in [7, 11) is 0. The number of hydrogen-bond acceptors (Lipinski definition) is 0. The molecule has 0 bridgehead atoms. The maximum atomic E-state index is 2.51. The third-order valence-corrected chi connectivity index (χ3v) is 9.03. The Balaban J connectivity index is 1.70. The Kier molecular flexibility index (Phi) is 22.6. The van der Waals surface area contributed by atoms with E-state index < -0.39 is 0 Å². The minimum Gasteiger partial charge on any atom is -0.205 e. The predicted molar refractivity (Wildman–Crippen MR) is 182 cm³/mol. The van der Waals surface area contributed by atoms with E-state index in [-0.39, 0.29) is 0 Å². The first-order valence-corrected chi connectivity index (χ1v) is 18.4. The average molecular weight is 563 g/mol. The third kappa shape index (κ3) is 19.2. The molecule has 0 radical (unpaired) electrons. The van der Waals surface area contributed by atoms with E-state index in [2.05, 4.69) is 67.2 Å². The summed E-state index contributed by atoms with van der Waals surface area (Å²) in [6, 6.07) is 13.4. The maximum Gasteiger partial charge on any atom is 0.172 e. The van der Waals surface area contributed by atoms with E-state index in [4.69, 9.17) is 0 Å². The number of hydrogen-bond donors (Lipinski definition) is 0. The molecule has 1 heteroatoms. The van der Waals surface area contributed by atoms with Crippen LogP contribution in [0.5, 0.6) is 0 Å². The minimum atomic E-state index is 1.12. The Morgan fingerprint density at radius 3 is 1.34 bits per heavy atom. The highest BCUT2D eigenvalue weighted by atomic mass is 14.9. The molecule has 1 aromatic carbocycles. The lowest BCUT2D eigenvalue weighted by molar-refractivity contribution is -0.697. The van der Waals surface area contributed by atoms with Gasteiger partial charge in [-0.2, -0.15) is 0 Å². The number of benzene rings is 1. The fourth-order valence-corrected chi connectivity index (χ4v) is 6.30. The van der Waals surface area contributed by atoms with Crippen molar-refractivity contribution in [3.8, 4) is 0 Å². The summed E-state index contributed by atoms with van der Waals surface area (Å²) < 4.78 is 2.47. The van der Waals surface area contributed by atoms with Gasteiger partial charge in [0, 0.05) is 18.1 Å². The van der Waals surface area contributed by atoms with Crippen LogP contribution in [0.15, 0.2) is 48.8 Å². The highest BCUT2D eigenvalue weighted by molar-refractivity contribution is 5.21. The first kappa shape index (κ1) is 35.6. The number of rotatable bonds is 28. The second-order valence-electron chi connectivity index (χ2n) is 12.9. The molecule has 0 saturated heterocycles. The second-order valence-corrected chi connectivity index (χ2v) is 12.9. The maximum absolute atomic E-state index is 2.51. The standard InChI is InChI=1S/C40H68N/c1-3-5-7-9-11-13-15-17-19-21-26-32-39-34-36-41(35-28-31-38-29-24-23-25-30-38)37-40(39)33-27-22-20-18-16-14-12-10-8-6-4-2/h23-25,29-30,34,36-37H,3-22,26-28,31-33,35H2,1-2H3/q+1. The molecular weight excluding hydrogens is 494 g/mol. The molecule has 1 aromatic heterocycles. The van der Waals surface area contributed by atoms with Crippen LogP contribution >= 0.6 is 0 Å². The molecule has 0 aliphatic rings. The summed E-state index contributed by atoms with van der Waals surface area (Å²) in [4.78, 5) is 0. The Labute approximate surface area is 257 Å². The Hall–Kier alpha value is -1.63. The van der Waals surface area contributed by atoms with Gasteiger partial charge in [0.25, 0.3) is 0 Å². The average Bonchev–Trinajstić information content (AvgIpc) is 3.00. The summed E-state index contributed by atoms with van der Waals surface area (Å²) in [5.74, 6) is 0. The zero-order chi connectivity index (χ0) is 29.1. The van der Waals surface area contributed by atoms with Gasteiger partial charge >= 0.3 is 0 Å². The molecular formula is C40H68N+. The van der Waals surface area contributed by atoms with Crippen LogP contribution in [-0.4, -0.2) is 0 Å². The van der Waals surface area contributed by atoms with Crippen molar-refractivity contribution < 1.29 is 4.57 Å². The lowest BCUT2D eigenvalue weighted by Gasteiger charge is -2.10. The van der Waals surface area contributed by atoms with Crippen LogP contribution in [0.3, 0.4) is 0 Å². The molecule has 0 fully saturated rings. The smallest absolute Gasteiger partial charge is 0.172 e. The van der Waals surface area contributed by atoms with Gasteiger partial charge in [0.1, 0.15) is 6.54 Å². The molecule has 0 N–H and O–H groups in total. The van der Waals surface area contributed by atoms with Crippen LogP contribution in [-0.2, 0) is 25.8 Å². The predicted octanol–water partition coefficient (Wildman–Crippen LogP) is 12.3. The van der Waals surface area contributed by atoms with Gasteiger partial charge in [-0.15, -0.1) is 0 Å². The van der Waals surface area contributed by atoms with Crippen molar-refractivity contribution >= 4 is 0 Å². The fourth-order valence-electron chi connectivity index (χ4n) is 6.30. The zero-order valence-electron chi connectivity index (χ0n) is 27.7. The molecule has 2 rings (SSSR count). The summed E-state index contributed by atoms with van der Waals surface area (Å²) in [6.45, 7) is 5.74.